The van der Waals surface area contributed by atoms with Gasteiger partial charge in [0, 0.05) is 11.1 Å². The van der Waals surface area contributed by atoms with Crippen molar-refractivity contribution >= 4 is 21.5 Å². The van der Waals surface area contributed by atoms with Crippen LogP contribution in [0.3, 0.4) is 0 Å². The van der Waals surface area contributed by atoms with Crippen LogP contribution in [0.4, 0.5) is 0 Å². The third kappa shape index (κ3) is 1.88. The van der Waals surface area contributed by atoms with Crippen LogP contribution in [-0.2, 0) is 13.1 Å². The predicted octanol–water partition coefficient (Wildman–Crippen LogP) is 4.86. The number of hydrogen-bond donors (Lipinski definition) is 0. The van der Waals surface area contributed by atoms with Gasteiger partial charge in [0.05, 0.1) is 13.1 Å². The van der Waals surface area contributed by atoms with Crippen LogP contribution in [0.15, 0.2) is 48.5 Å². The van der Waals surface area contributed by atoms with Crippen LogP contribution >= 0.6 is 0 Å². The second-order valence-electron chi connectivity index (χ2n) is 6.42. The van der Waals surface area contributed by atoms with E-state index in [-0.39, 0.29) is 0 Å². The summed E-state index contributed by atoms with van der Waals surface area (Å²) in [4.78, 5) is 0. The highest BCUT2D eigenvalue weighted by molar-refractivity contribution is 6.07. The summed E-state index contributed by atoms with van der Waals surface area (Å²) in [5, 5.41) is 5.53. The molecular formula is C20H22N+. The van der Waals surface area contributed by atoms with Crippen molar-refractivity contribution in [2.45, 2.75) is 26.9 Å². The Morgan fingerprint density at radius 2 is 1.43 bits per heavy atom. The van der Waals surface area contributed by atoms with Gasteiger partial charge in [-0.15, -0.1) is 0 Å². The van der Waals surface area contributed by atoms with Crippen LogP contribution in [0.1, 0.15) is 25.0 Å². The van der Waals surface area contributed by atoms with Crippen molar-refractivity contribution in [1.29, 1.82) is 0 Å². The Morgan fingerprint density at radius 1 is 0.762 bits per heavy atom. The summed E-state index contributed by atoms with van der Waals surface area (Å²) < 4.78 is 1.21. The molecule has 0 atom stereocenters. The van der Waals surface area contributed by atoms with Gasteiger partial charge in [0.15, 0.2) is 0 Å². The van der Waals surface area contributed by atoms with E-state index in [1.54, 1.807) is 11.1 Å². The molecule has 0 spiro atoms. The molecule has 0 fully saturated rings. The molecule has 106 valence electrons. The molecule has 4 rings (SSSR count). The topological polar surface area (TPSA) is 0 Å². The highest BCUT2D eigenvalue weighted by Gasteiger charge is 2.33. The molecule has 0 radical (unpaired) electrons. The third-order valence-corrected chi connectivity index (χ3v) is 5.42. The first-order chi connectivity index (χ1) is 10.2. The van der Waals surface area contributed by atoms with E-state index in [2.05, 4.69) is 62.4 Å². The van der Waals surface area contributed by atoms with Crippen molar-refractivity contribution < 1.29 is 4.48 Å². The molecule has 1 aliphatic heterocycles. The number of quaternary nitrogens is 1. The number of fused-ring (bicyclic) bond motifs is 4. The van der Waals surface area contributed by atoms with Crippen molar-refractivity contribution in [2.75, 3.05) is 13.1 Å². The molecule has 21 heavy (non-hydrogen) atoms. The highest BCUT2D eigenvalue weighted by atomic mass is 15.4. The number of nitrogens with zero attached hydrogens (tertiary/aromatic N) is 1. The van der Waals surface area contributed by atoms with E-state index >= 15 is 0 Å². The van der Waals surface area contributed by atoms with Crippen LogP contribution in [-0.4, -0.2) is 17.6 Å². The van der Waals surface area contributed by atoms with Gasteiger partial charge in [0.1, 0.15) is 13.1 Å². The Balaban J connectivity index is 1.96. The fourth-order valence-electron chi connectivity index (χ4n) is 3.89. The van der Waals surface area contributed by atoms with Gasteiger partial charge in [-0.05, 0) is 47.5 Å². The number of hydrogen-bond acceptors (Lipinski definition) is 0. The van der Waals surface area contributed by atoms with Crippen LogP contribution in [0.5, 0.6) is 0 Å². The van der Waals surface area contributed by atoms with Crippen LogP contribution in [0, 0.1) is 0 Å². The van der Waals surface area contributed by atoms with Gasteiger partial charge in [0.25, 0.3) is 0 Å². The first kappa shape index (κ1) is 12.8. The zero-order valence-corrected chi connectivity index (χ0v) is 12.9. The molecule has 1 heteroatoms. The van der Waals surface area contributed by atoms with Crippen LogP contribution < -0.4 is 0 Å². The minimum atomic E-state index is 1.20. The maximum atomic E-state index is 2.46. The van der Waals surface area contributed by atoms with Crippen molar-refractivity contribution in [3.63, 3.8) is 0 Å². The van der Waals surface area contributed by atoms with E-state index in [1.807, 2.05) is 0 Å². The monoisotopic (exact) mass is 276 g/mol. The quantitative estimate of drug-likeness (QED) is 0.463. The maximum Gasteiger partial charge on any atom is 0.105 e. The van der Waals surface area contributed by atoms with E-state index in [0.29, 0.717) is 0 Å². The van der Waals surface area contributed by atoms with E-state index in [9.17, 15) is 0 Å². The summed E-state index contributed by atoms with van der Waals surface area (Å²) in [5.74, 6) is 0. The second-order valence-corrected chi connectivity index (χ2v) is 6.42. The molecule has 0 bridgehead atoms. The summed E-state index contributed by atoms with van der Waals surface area (Å²) in [7, 11) is 0. The molecule has 0 amide bonds. The standard InChI is InChI=1S/C20H22N/c1-3-21(4-2)13-17-11-16-10-9-15-7-5-6-8-19(15)20(16)12-18(17)14-21/h5-12H,3-4,13-14H2,1-2H3/q+1. The van der Waals surface area contributed by atoms with Gasteiger partial charge in [-0.1, -0.05) is 36.4 Å². The lowest BCUT2D eigenvalue weighted by Crippen LogP contribution is -2.42. The minimum Gasteiger partial charge on any atom is -0.317 e. The summed E-state index contributed by atoms with van der Waals surface area (Å²) in [6, 6.07) is 18.1. The SMILES string of the molecule is CC[N+]1(CC)Cc2cc3ccc4ccccc4c3cc2C1. The molecule has 0 saturated heterocycles. The lowest BCUT2D eigenvalue weighted by molar-refractivity contribution is -0.944. The number of benzene rings is 3. The summed E-state index contributed by atoms with van der Waals surface area (Å²) in [6.45, 7) is 9.49. The van der Waals surface area contributed by atoms with E-state index in [0.717, 1.165) is 0 Å². The van der Waals surface area contributed by atoms with Crippen molar-refractivity contribution in [3.8, 4) is 0 Å². The van der Waals surface area contributed by atoms with Gasteiger partial charge in [-0.3, -0.25) is 0 Å². The van der Waals surface area contributed by atoms with Gasteiger partial charge in [-0.2, -0.15) is 0 Å². The first-order valence-electron chi connectivity index (χ1n) is 8.03. The highest BCUT2D eigenvalue weighted by Crippen LogP contribution is 2.35. The lowest BCUT2D eigenvalue weighted by atomic mass is 9.98. The fourth-order valence-corrected chi connectivity index (χ4v) is 3.89. The Bertz CT molecular complexity index is 828. The Hall–Kier alpha value is -1.86. The van der Waals surface area contributed by atoms with Gasteiger partial charge < -0.3 is 4.48 Å². The fraction of sp³-hybridized carbons (Fsp3) is 0.300. The molecule has 1 aliphatic rings. The minimum absolute atomic E-state index is 1.20. The molecule has 0 N–H and O–H groups in total. The van der Waals surface area contributed by atoms with E-state index < -0.39 is 0 Å². The van der Waals surface area contributed by atoms with Crippen LogP contribution in [0.25, 0.3) is 21.5 Å². The van der Waals surface area contributed by atoms with Gasteiger partial charge in [-0.25, -0.2) is 0 Å². The molecule has 0 aliphatic carbocycles. The van der Waals surface area contributed by atoms with E-state index in [1.165, 1.54) is 52.2 Å². The summed E-state index contributed by atoms with van der Waals surface area (Å²) in [6.07, 6.45) is 0. The molecule has 3 aromatic rings. The van der Waals surface area contributed by atoms with Gasteiger partial charge >= 0.3 is 0 Å². The molecule has 3 aromatic carbocycles. The van der Waals surface area contributed by atoms with Crippen LogP contribution in [0.2, 0.25) is 0 Å². The molecule has 0 saturated carbocycles. The average Bonchev–Trinajstić information content (AvgIpc) is 2.91. The molecular weight excluding hydrogens is 254 g/mol. The number of rotatable bonds is 2. The van der Waals surface area contributed by atoms with Crippen molar-refractivity contribution in [2.24, 2.45) is 0 Å². The Kier molecular flexibility index (Phi) is 2.80. The lowest BCUT2D eigenvalue weighted by Gasteiger charge is -2.31. The Morgan fingerprint density at radius 3 is 2.19 bits per heavy atom. The molecule has 1 nitrogen and oxygen atoms in total. The smallest absolute Gasteiger partial charge is 0.105 e. The largest absolute Gasteiger partial charge is 0.317 e. The third-order valence-electron chi connectivity index (χ3n) is 5.42. The zero-order valence-electron chi connectivity index (χ0n) is 12.9. The summed E-state index contributed by atoms with van der Waals surface area (Å²) in [5.41, 5.74) is 3.11. The zero-order chi connectivity index (χ0) is 14.4. The summed E-state index contributed by atoms with van der Waals surface area (Å²) >= 11 is 0. The first-order valence-corrected chi connectivity index (χ1v) is 8.03. The maximum absolute atomic E-state index is 2.46. The molecule has 1 heterocycles. The predicted molar refractivity (Wildman–Crippen MR) is 90.2 cm³/mol. The molecule has 0 aromatic heterocycles. The Labute approximate surface area is 126 Å². The van der Waals surface area contributed by atoms with E-state index in [4.69, 9.17) is 0 Å². The van der Waals surface area contributed by atoms with Crippen molar-refractivity contribution in [1.82, 2.24) is 0 Å². The van der Waals surface area contributed by atoms with Crippen molar-refractivity contribution in [3.05, 3.63) is 59.7 Å². The molecule has 0 unspecified atom stereocenters. The average molecular weight is 276 g/mol. The van der Waals surface area contributed by atoms with Gasteiger partial charge in [0.2, 0.25) is 0 Å². The normalized spacial score (nSPS) is 16.5. The second kappa shape index (κ2) is 4.57.